The van der Waals surface area contributed by atoms with Gasteiger partial charge in [0.05, 0.1) is 18.2 Å². The molecule has 0 spiro atoms. The maximum atomic E-state index is 12.9. The van der Waals surface area contributed by atoms with Crippen molar-refractivity contribution in [1.82, 2.24) is 5.32 Å². The number of nitrogens with one attached hydrogen (secondary N) is 1. The Kier molecular flexibility index (Phi) is 10.8. The second-order valence-corrected chi connectivity index (χ2v) is 12.2. The van der Waals surface area contributed by atoms with E-state index in [1.165, 1.54) is 6.07 Å². The average molecular weight is 653 g/mol. The molecule has 46 heavy (non-hydrogen) atoms. The third kappa shape index (κ3) is 7.00. The fourth-order valence-corrected chi connectivity index (χ4v) is 6.23. The van der Waals surface area contributed by atoms with Crippen LogP contribution in [0.15, 0.2) is 36.4 Å². The number of amides is 1. The minimum Gasteiger partial charge on any atom is -0.508 e. The Hall–Kier alpha value is -2.55. The number of nitrogens with two attached hydrogens (primary N) is 3. The molecular weight excluding hydrogens is 608 g/mol. The van der Waals surface area contributed by atoms with Crippen LogP contribution in [0.5, 0.6) is 5.75 Å². The van der Waals surface area contributed by atoms with Crippen molar-refractivity contribution in [3.63, 3.8) is 0 Å². The largest absolute Gasteiger partial charge is 0.508 e. The molecule has 1 amide bonds. The van der Waals surface area contributed by atoms with Gasteiger partial charge in [-0.1, -0.05) is 19.1 Å². The van der Waals surface area contributed by atoms with Crippen molar-refractivity contribution in [3.8, 4) is 5.75 Å². The molecule has 2 aliphatic heterocycles. The monoisotopic (exact) mass is 652 g/mol. The fourth-order valence-electron chi connectivity index (χ4n) is 6.23. The van der Waals surface area contributed by atoms with E-state index in [0.717, 1.165) is 5.39 Å². The van der Waals surface area contributed by atoms with Gasteiger partial charge in [0.15, 0.2) is 12.6 Å². The lowest BCUT2D eigenvalue weighted by Gasteiger charge is -2.48. The van der Waals surface area contributed by atoms with E-state index in [-0.39, 0.29) is 18.7 Å². The molecule has 2 aromatic carbocycles. The van der Waals surface area contributed by atoms with E-state index in [9.17, 15) is 40.5 Å². The van der Waals surface area contributed by atoms with Gasteiger partial charge in [-0.05, 0) is 47.9 Å². The van der Waals surface area contributed by atoms with Crippen LogP contribution in [-0.2, 0) is 18.9 Å². The first-order chi connectivity index (χ1) is 21.8. The van der Waals surface area contributed by atoms with Gasteiger partial charge >= 0.3 is 0 Å². The normalized spacial score (nSPS) is 41.7. The summed E-state index contributed by atoms with van der Waals surface area (Å²) in [4.78, 5) is 12.9. The molecule has 14 N–H and O–H groups in total. The molecule has 16 heteroatoms. The number of aliphatic hydroxyl groups is 6. The van der Waals surface area contributed by atoms with Crippen molar-refractivity contribution < 1.29 is 59.5 Å². The smallest absolute Gasteiger partial charge is 0.251 e. The highest BCUT2D eigenvalue weighted by molar-refractivity contribution is 5.98. The zero-order chi connectivity index (χ0) is 33.4. The van der Waals surface area contributed by atoms with Crippen molar-refractivity contribution in [2.45, 2.75) is 112 Å². The predicted octanol–water partition coefficient (Wildman–Crippen LogP) is -3.54. The van der Waals surface area contributed by atoms with Gasteiger partial charge in [0, 0.05) is 24.2 Å². The first kappa shape index (κ1) is 34.8. The van der Waals surface area contributed by atoms with E-state index in [1.807, 2.05) is 0 Å². The summed E-state index contributed by atoms with van der Waals surface area (Å²) >= 11 is 0. The first-order valence-electron chi connectivity index (χ1n) is 15.3. The molecule has 15 atom stereocenters. The molecule has 1 aliphatic carbocycles. The highest BCUT2D eigenvalue weighted by Crippen LogP contribution is 2.32. The van der Waals surface area contributed by atoms with Crippen LogP contribution >= 0.6 is 0 Å². The van der Waals surface area contributed by atoms with Crippen LogP contribution in [0.2, 0.25) is 0 Å². The van der Waals surface area contributed by atoms with Crippen LogP contribution < -0.4 is 22.5 Å². The van der Waals surface area contributed by atoms with E-state index < -0.39 is 97.7 Å². The number of ether oxygens (including phenoxy) is 4. The Bertz CT molecular complexity index is 1350. The molecule has 2 saturated heterocycles. The highest BCUT2D eigenvalue weighted by atomic mass is 16.7. The average Bonchev–Trinajstić information content (AvgIpc) is 3.03. The number of carbonyl (C=O) groups excluding carboxylic acids is 1. The summed E-state index contributed by atoms with van der Waals surface area (Å²) in [5.41, 5.74) is 18.8. The summed E-state index contributed by atoms with van der Waals surface area (Å²) in [6, 6.07) is 6.76. The molecule has 0 bridgehead atoms. The van der Waals surface area contributed by atoms with E-state index in [2.05, 4.69) is 5.32 Å². The third-order valence-corrected chi connectivity index (χ3v) is 9.02. The molecule has 16 nitrogen and oxygen atoms in total. The van der Waals surface area contributed by atoms with Crippen molar-refractivity contribution in [3.05, 3.63) is 42.0 Å². The lowest BCUT2D eigenvalue weighted by atomic mass is 9.84. The molecule has 256 valence electrons. The van der Waals surface area contributed by atoms with Crippen molar-refractivity contribution in [2.24, 2.45) is 17.2 Å². The van der Waals surface area contributed by atoms with Gasteiger partial charge in [-0.2, -0.15) is 0 Å². The number of phenols is 1. The lowest BCUT2D eigenvalue weighted by Crippen LogP contribution is -2.68. The predicted molar refractivity (Wildman–Crippen MR) is 160 cm³/mol. The number of aliphatic hydroxyl groups excluding tert-OH is 6. The maximum Gasteiger partial charge on any atom is 0.251 e. The van der Waals surface area contributed by atoms with Crippen LogP contribution in [0.4, 0.5) is 0 Å². The van der Waals surface area contributed by atoms with Gasteiger partial charge in [0.1, 0.15) is 54.6 Å². The first-order valence-corrected chi connectivity index (χ1v) is 15.3. The van der Waals surface area contributed by atoms with Gasteiger partial charge in [-0.25, -0.2) is 0 Å². The summed E-state index contributed by atoms with van der Waals surface area (Å²) in [6.07, 6.45) is -16.1. The third-order valence-electron chi connectivity index (χ3n) is 9.02. The van der Waals surface area contributed by atoms with Crippen LogP contribution in [-0.4, -0.2) is 140 Å². The summed E-state index contributed by atoms with van der Waals surface area (Å²) in [6.45, 7) is 1.48. The number of hydrogen-bond acceptors (Lipinski definition) is 15. The molecule has 2 aromatic rings. The fraction of sp³-hybridized carbons (Fsp3) is 0.633. The molecule has 0 aromatic heterocycles. The topological polar surface area (TPSA) is 286 Å². The minimum atomic E-state index is -1.76. The summed E-state index contributed by atoms with van der Waals surface area (Å²) in [5.74, 6) is -0.418. The van der Waals surface area contributed by atoms with Crippen LogP contribution in [0.3, 0.4) is 0 Å². The molecule has 3 fully saturated rings. The second kappa shape index (κ2) is 14.3. The minimum absolute atomic E-state index is 0.0694. The Morgan fingerprint density at radius 2 is 1.37 bits per heavy atom. The van der Waals surface area contributed by atoms with Gasteiger partial charge in [-0.15, -0.1) is 0 Å². The summed E-state index contributed by atoms with van der Waals surface area (Å²) in [5, 5.41) is 77.8. The van der Waals surface area contributed by atoms with E-state index in [0.29, 0.717) is 17.4 Å². The van der Waals surface area contributed by atoms with Gasteiger partial charge in [-0.3, -0.25) is 4.79 Å². The quantitative estimate of drug-likeness (QED) is 0.132. The molecule has 0 radical (unpaired) electrons. The summed E-state index contributed by atoms with van der Waals surface area (Å²) in [7, 11) is 0. The van der Waals surface area contributed by atoms with Crippen molar-refractivity contribution in [1.29, 1.82) is 0 Å². The lowest BCUT2D eigenvalue weighted by molar-refractivity contribution is -0.331. The molecule has 7 unspecified atom stereocenters. The Morgan fingerprint density at radius 3 is 2.02 bits per heavy atom. The SMILES string of the molecule is CC[C@H]1OC(O[C@@H]2C(N)CC(N)C(O[C@H]3OC(CNC(=O)c4ccc5cc(O)ccc5c4)[C@@H](O)[C@H](O)C3O)[C@@H]2O)[C@H](O)[C@H](N)C1O. The highest BCUT2D eigenvalue weighted by Gasteiger charge is 2.51. The van der Waals surface area contributed by atoms with E-state index >= 15 is 0 Å². The zero-order valence-electron chi connectivity index (χ0n) is 25.1. The summed E-state index contributed by atoms with van der Waals surface area (Å²) < 4.78 is 23.2. The van der Waals surface area contributed by atoms with Crippen LogP contribution in [0.1, 0.15) is 30.1 Å². The maximum absolute atomic E-state index is 12.9. The van der Waals surface area contributed by atoms with Crippen LogP contribution in [0, 0.1) is 0 Å². The number of hydrogen-bond donors (Lipinski definition) is 11. The Morgan fingerprint density at radius 1 is 0.783 bits per heavy atom. The van der Waals surface area contributed by atoms with Gasteiger partial charge in [0.2, 0.25) is 0 Å². The standard InChI is InChI=1S/C30H44N4O12/c1-2-17-20(36)19(33)22(38)29(43-17)45-26-15(31)9-16(32)27(25(26)41)46-30-24(40)23(39)21(37)18(44-30)10-34-28(42)13-4-3-12-8-14(35)6-5-11(12)7-13/h3-8,15-27,29-30,35-41H,2,9-10,31-33H2,1H3,(H,34,42)/t15?,16?,17-,18?,19-,20?,21-,22-,23+,24?,25-,26-,27?,29?,30-/m1/s1. The van der Waals surface area contributed by atoms with Crippen LogP contribution in [0.25, 0.3) is 10.8 Å². The molecule has 5 rings (SSSR count). The number of rotatable bonds is 8. The van der Waals surface area contributed by atoms with Gasteiger partial charge < -0.3 is 77.2 Å². The van der Waals surface area contributed by atoms with Crippen molar-refractivity contribution >= 4 is 16.7 Å². The molecule has 2 heterocycles. The number of aromatic hydroxyl groups is 1. The molecule has 3 aliphatic rings. The molecular formula is C30H44N4O12. The van der Waals surface area contributed by atoms with E-state index in [1.54, 1.807) is 37.3 Å². The zero-order valence-corrected chi connectivity index (χ0v) is 25.1. The van der Waals surface area contributed by atoms with Gasteiger partial charge in [0.25, 0.3) is 5.91 Å². The number of phenolic OH excluding ortho intramolecular Hbond substituents is 1. The Balaban J connectivity index is 1.24. The number of benzene rings is 2. The molecule has 1 saturated carbocycles. The number of fused-ring (bicyclic) bond motifs is 1. The second-order valence-electron chi connectivity index (χ2n) is 12.2. The number of carbonyl (C=O) groups is 1. The van der Waals surface area contributed by atoms with Crippen molar-refractivity contribution in [2.75, 3.05) is 6.54 Å². The Labute approximate surface area is 264 Å². The van der Waals surface area contributed by atoms with E-state index in [4.69, 9.17) is 36.1 Å².